The van der Waals surface area contributed by atoms with Crippen molar-refractivity contribution in [2.45, 2.75) is 26.6 Å². The molecule has 19 heavy (non-hydrogen) atoms. The van der Waals surface area contributed by atoms with Gasteiger partial charge in [0, 0.05) is 11.1 Å². The lowest BCUT2D eigenvalue weighted by molar-refractivity contribution is -0.132. The Labute approximate surface area is 117 Å². The van der Waals surface area contributed by atoms with Crippen molar-refractivity contribution in [3.63, 3.8) is 0 Å². The predicted molar refractivity (Wildman–Crippen MR) is 83.5 cm³/mol. The zero-order chi connectivity index (χ0) is 14.5. The van der Waals surface area contributed by atoms with Crippen LogP contribution in [0.2, 0.25) is 0 Å². The Morgan fingerprint density at radius 3 is 1.58 bits per heavy atom. The van der Waals surface area contributed by atoms with Gasteiger partial charge in [-0.2, -0.15) is 0 Å². The topological polar surface area (TPSA) is 40.5 Å². The number of hydrogen-bond donors (Lipinski definition) is 2. The Balaban J connectivity index is 0.000000861. The Morgan fingerprint density at radius 1 is 0.789 bits per heavy atom. The van der Waals surface area contributed by atoms with Gasteiger partial charge in [0.1, 0.15) is 0 Å². The van der Waals surface area contributed by atoms with Gasteiger partial charge in [0.2, 0.25) is 5.79 Å². The van der Waals surface area contributed by atoms with E-state index in [9.17, 15) is 10.2 Å². The van der Waals surface area contributed by atoms with E-state index in [1.54, 1.807) is 24.3 Å². The van der Waals surface area contributed by atoms with Gasteiger partial charge in [-0.1, -0.05) is 67.9 Å². The number of aryl methyl sites for hydroxylation is 1. The summed E-state index contributed by atoms with van der Waals surface area (Å²) >= 11 is 0. The third-order valence-electron chi connectivity index (χ3n) is 2.77. The Morgan fingerprint density at radius 2 is 1.16 bits per heavy atom. The summed E-state index contributed by atoms with van der Waals surface area (Å²) in [5.74, 6) is -1.94. The molecule has 0 aliphatic heterocycles. The van der Waals surface area contributed by atoms with E-state index in [4.69, 9.17) is 0 Å². The number of rotatable bonds is 2. The molecule has 102 valence electrons. The lowest BCUT2D eigenvalue weighted by atomic mass is 9.97. The fourth-order valence-electron chi connectivity index (χ4n) is 1.67. The van der Waals surface area contributed by atoms with E-state index in [-0.39, 0.29) is 0 Å². The van der Waals surface area contributed by atoms with Crippen molar-refractivity contribution < 1.29 is 10.2 Å². The third kappa shape index (κ3) is 3.87. The van der Waals surface area contributed by atoms with Crippen molar-refractivity contribution >= 4 is 14.5 Å². The Kier molecular flexibility index (Phi) is 5.68. The lowest BCUT2D eigenvalue weighted by Crippen LogP contribution is -2.26. The van der Waals surface area contributed by atoms with Gasteiger partial charge in [-0.15, -0.1) is 9.24 Å². The Hall–Kier alpha value is -1.21. The van der Waals surface area contributed by atoms with Crippen molar-refractivity contribution in [1.29, 1.82) is 0 Å². The zero-order valence-electron chi connectivity index (χ0n) is 11.6. The molecular weight excluding hydrogens is 255 g/mol. The van der Waals surface area contributed by atoms with Gasteiger partial charge in [0.15, 0.2) is 0 Å². The van der Waals surface area contributed by atoms with Crippen LogP contribution in [0, 0.1) is 6.92 Å². The molecule has 1 unspecified atom stereocenters. The van der Waals surface area contributed by atoms with Crippen LogP contribution < -0.4 is 5.30 Å². The first-order valence-electron chi connectivity index (χ1n) is 6.38. The molecular formula is C16H21O2P. The highest BCUT2D eigenvalue weighted by atomic mass is 31.0. The van der Waals surface area contributed by atoms with E-state index in [0.29, 0.717) is 11.1 Å². The fraction of sp³-hybridized carbons (Fsp3) is 0.250. The van der Waals surface area contributed by atoms with Gasteiger partial charge in [-0.05, 0) is 12.2 Å². The van der Waals surface area contributed by atoms with Crippen LogP contribution in [0.1, 0.15) is 30.5 Å². The first kappa shape index (κ1) is 15.8. The molecule has 2 nitrogen and oxygen atoms in total. The van der Waals surface area contributed by atoms with E-state index in [0.717, 1.165) is 10.9 Å². The maximum Gasteiger partial charge on any atom is 0.217 e. The predicted octanol–water partition coefficient (Wildman–Crippen LogP) is 2.71. The van der Waals surface area contributed by atoms with Gasteiger partial charge in [-0.3, -0.25) is 0 Å². The van der Waals surface area contributed by atoms with Crippen molar-refractivity contribution in [3.8, 4) is 0 Å². The van der Waals surface area contributed by atoms with Crippen LogP contribution >= 0.6 is 9.24 Å². The van der Waals surface area contributed by atoms with Crippen molar-refractivity contribution in [2.24, 2.45) is 0 Å². The highest BCUT2D eigenvalue weighted by Gasteiger charge is 2.27. The summed E-state index contributed by atoms with van der Waals surface area (Å²) in [6.45, 7) is 5.96. The summed E-state index contributed by atoms with van der Waals surface area (Å²) in [7, 11) is 2.56. The van der Waals surface area contributed by atoms with E-state index in [1.807, 2.05) is 45.0 Å². The Bertz CT molecular complexity index is 454. The molecule has 0 aromatic heterocycles. The summed E-state index contributed by atoms with van der Waals surface area (Å²) in [4.78, 5) is 0. The van der Waals surface area contributed by atoms with Gasteiger partial charge in [-0.25, -0.2) is 0 Å². The molecule has 0 fully saturated rings. The lowest BCUT2D eigenvalue weighted by Gasteiger charge is -2.23. The molecule has 1 atom stereocenters. The van der Waals surface area contributed by atoms with E-state index in [2.05, 4.69) is 9.24 Å². The molecule has 0 bridgehead atoms. The van der Waals surface area contributed by atoms with E-state index >= 15 is 0 Å². The normalized spacial score (nSPS) is 10.6. The summed E-state index contributed by atoms with van der Waals surface area (Å²) < 4.78 is 0. The summed E-state index contributed by atoms with van der Waals surface area (Å²) in [6, 6.07) is 14.3. The molecule has 2 rings (SSSR count). The quantitative estimate of drug-likeness (QED) is 0.654. The van der Waals surface area contributed by atoms with Crippen molar-refractivity contribution in [3.05, 3.63) is 65.2 Å². The monoisotopic (exact) mass is 276 g/mol. The average Bonchev–Trinajstić information content (AvgIpc) is 2.42. The molecule has 0 aliphatic rings. The summed E-state index contributed by atoms with van der Waals surface area (Å²) in [5.41, 5.74) is 2.03. The number of benzene rings is 2. The molecule has 0 heterocycles. The first-order valence-corrected chi connectivity index (χ1v) is 6.96. The zero-order valence-corrected chi connectivity index (χ0v) is 12.7. The molecule has 0 spiro atoms. The second-order valence-corrected chi connectivity index (χ2v) is 4.83. The second kappa shape index (κ2) is 6.81. The summed E-state index contributed by atoms with van der Waals surface area (Å²) in [6.07, 6.45) is 0. The van der Waals surface area contributed by atoms with Crippen LogP contribution in [-0.2, 0) is 5.79 Å². The molecule has 0 amide bonds. The molecule has 3 heteroatoms. The minimum Gasteiger partial charge on any atom is -0.358 e. The van der Waals surface area contributed by atoms with Crippen LogP contribution in [0.4, 0.5) is 0 Å². The standard InChI is InChI=1S/C14H15O2P.C2H6/c1-10-2-4-11(5-3-10)14(15,16)12-6-8-13(17)9-7-12;1-2/h2-9,15-16H,17H2,1H3;1-2H3. The van der Waals surface area contributed by atoms with Crippen LogP contribution in [0.5, 0.6) is 0 Å². The van der Waals surface area contributed by atoms with Crippen LogP contribution in [0.25, 0.3) is 0 Å². The molecule has 2 N–H and O–H groups in total. The molecule has 0 saturated carbocycles. The highest BCUT2D eigenvalue weighted by molar-refractivity contribution is 7.27. The second-order valence-electron chi connectivity index (χ2n) is 4.16. The smallest absolute Gasteiger partial charge is 0.217 e. The van der Waals surface area contributed by atoms with Gasteiger partial charge in [0.25, 0.3) is 0 Å². The minimum atomic E-state index is -1.94. The molecule has 2 aromatic carbocycles. The number of hydrogen-bond acceptors (Lipinski definition) is 2. The van der Waals surface area contributed by atoms with Crippen LogP contribution in [0.15, 0.2) is 48.5 Å². The summed E-state index contributed by atoms with van der Waals surface area (Å²) in [5, 5.41) is 21.4. The fourth-order valence-corrected chi connectivity index (χ4v) is 1.86. The molecule has 0 aliphatic carbocycles. The first-order chi connectivity index (χ1) is 9.00. The minimum absolute atomic E-state index is 0.465. The number of aliphatic hydroxyl groups is 2. The van der Waals surface area contributed by atoms with Crippen LogP contribution in [-0.4, -0.2) is 10.2 Å². The van der Waals surface area contributed by atoms with Gasteiger partial charge >= 0.3 is 0 Å². The van der Waals surface area contributed by atoms with E-state index in [1.165, 1.54) is 0 Å². The van der Waals surface area contributed by atoms with Gasteiger partial charge in [0.05, 0.1) is 0 Å². The average molecular weight is 276 g/mol. The van der Waals surface area contributed by atoms with Crippen molar-refractivity contribution in [1.82, 2.24) is 0 Å². The maximum absolute atomic E-state index is 10.2. The third-order valence-corrected chi connectivity index (χ3v) is 3.15. The van der Waals surface area contributed by atoms with Crippen molar-refractivity contribution in [2.75, 3.05) is 0 Å². The maximum atomic E-state index is 10.2. The van der Waals surface area contributed by atoms with Crippen LogP contribution in [0.3, 0.4) is 0 Å². The highest BCUT2D eigenvalue weighted by Crippen LogP contribution is 2.26. The molecule has 0 radical (unpaired) electrons. The van der Waals surface area contributed by atoms with E-state index < -0.39 is 5.79 Å². The SMILES string of the molecule is CC.Cc1ccc(C(O)(O)c2ccc(P)cc2)cc1. The largest absolute Gasteiger partial charge is 0.358 e. The molecule has 2 aromatic rings. The molecule has 0 saturated heterocycles. The van der Waals surface area contributed by atoms with Gasteiger partial charge < -0.3 is 10.2 Å².